The molecular formula is C21H42. The molecule has 0 saturated heterocycles. The SMILES string of the molecule is CCCCCCC=CC(CCCCCC)C(C)CCCC. The molecule has 0 heteroatoms. The second-order valence-electron chi connectivity index (χ2n) is 6.91. The Balaban J connectivity index is 4.06. The summed E-state index contributed by atoms with van der Waals surface area (Å²) in [5, 5.41) is 0. The molecule has 126 valence electrons. The van der Waals surface area contributed by atoms with Gasteiger partial charge in [-0.05, 0) is 31.1 Å². The summed E-state index contributed by atoms with van der Waals surface area (Å²) in [6.07, 6.45) is 23.1. The molecule has 0 aliphatic carbocycles. The first-order valence-electron chi connectivity index (χ1n) is 9.92. The van der Waals surface area contributed by atoms with Crippen LogP contribution in [0.2, 0.25) is 0 Å². The molecule has 0 fully saturated rings. The molecule has 0 spiro atoms. The highest BCUT2D eigenvalue weighted by molar-refractivity contribution is 4.90. The van der Waals surface area contributed by atoms with Gasteiger partial charge in [-0.3, -0.25) is 0 Å². The molecular weight excluding hydrogens is 252 g/mol. The fourth-order valence-corrected chi connectivity index (χ4v) is 3.08. The largest absolute Gasteiger partial charge is 0.0882 e. The van der Waals surface area contributed by atoms with E-state index in [2.05, 4.69) is 39.8 Å². The topological polar surface area (TPSA) is 0 Å². The number of unbranched alkanes of at least 4 members (excludes halogenated alkanes) is 8. The van der Waals surface area contributed by atoms with E-state index in [1.807, 2.05) is 0 Å². The lowest BCUT2D eigenvalue weighted by atomic mass is 9.85. The third kappa shape index (κ3) is 13.1. The van der Waals surface area contributed by atoms with Gasteiger partial charge in [0.25, 0.3) is 0 Å². The Labute approximate surface area is 135 Å². The highest BCUT2D eigenvalue weighted by Crippen LogP contribution is 2.25. The van der Waals surface area contributed by atoms with Crippen LogP contribution >= 0.6 is 0 Å². The lowest BCUT2D eigenvalue weighted by Crippen LogP contribution is -2.09. The van der Waals surface area contributed by atoms with Crippen LogP contribution in [0, 0.1) is 11.8 Å². The average molecular weight is 295 g/mol. The molecule has 0 aromatic heterocycles. The molecule has 2 unspecified atom stereocenters. The molecule has 2 atom stereocenters. The summed E-state index contributed by atoms with van der Waals surface area (Å²) in [7, 11) is 0. The van der Waals surface area contributed by atoms with Gasteiger partial charge in [0.2, 0.25) is 0 Å². The molecule has 0 aliphatic rings. The van der Waals surface area contributed by atoms with Crippen LogP contribution in [0.5, 0.6) is 0 Å². The zero-order valence-electron chi connectivity index (χ0n) is 15.5. The van der Waals surface area contributed by atoms with Crippen LogP contribution in [0.25, 0.3) is 0 Å². The van der Waals surface area contributed by atoms with Crippen LogP contribution in [0.3, 0.4) is 0 Å². The van der Waals surface area contributed by atoms with Gasteiger partial charge in [0, 0.05) is 0 Å². The standard InChI is InChI=1S/C21H42/c1-5-8-11-13-14-16-19-21(18-15-12-9-6-2)20(4)17-10-7-3/h16,19-21H,5-15,17-18H2,1-4H3. The van der Waals surface area contributed by atoms with Crippen molar-refractivity contribution < 1.29 is 0 Å². The van der Waals surface area contributed by atoms with Crippen molar-refractivity contribution in [2.24, 2.45) is 11.8 Å². The summed E-state index contributed by atoms with van der Waals surface area (Å²) >= 11 is 0. The van der Waals surface area contributed by atoms with Gasteiger partial charge in [-0.25, -0.2) is 0 Å². The van der Waals surface area contributed by atoms with Crippen molar-refractivity contribution in [1.82, 2.24) is 0 Å². The van der Waals surface area contributed by atoms with Crippen molar-refractivity contribution in [3.63, 3.8) is 0 Å². The minimum atomic E-state index is 0.833. The van der Waals surface area contributed by atoms with Crippen LogP contribution in [-0.2, 0) is 0 Å². The van der Waals surface area contributed by atoms with E-state index >= 15 is 0 Å². The van der Waals surface area contributed by atoms with Crippen molar-refractivity contribution in [3.05, 3.63) is 12.2 Å². The zero-order valence-corrected chi connectivity index (χ0v) is 15.5. The van der Waals surface area contributed by atoms with Crippen LogP contribution in [0.1, 0.15) is 111 Å². The van der Waals surface area contributed by atoms with Gasteiger partial charge in [-0.2, -0.15) is 0 Å². The molecule has 0 nitrogen and oxygen atoms in total. The molecule has 0 N–H and O–H groups in total. The monoisotopic (exact) mass is 294 g/mol. The Kier molecular flexibility index (Phi) is 15.9. The maximum atomic E-state index is 2.57. The highest BCUT2D eigenvalue weighted by Gasteiger charge is 2.13. The van der Waals surface area contributed by atoms with Gasteiger partial charge in [0.05, 0.1) is 0 Å². The second-order valence-corrected chi connectivity index (χ2v) is 6.91. The normalized spacial score (nSPS) is 14.7. The molecule has 0 aromatic rings. The highest BCUT2D eigenvalue weighted by atomic mass is 14.2. The van der Waals surface area contributed by atoms with Gasteiger partial charge < -0.3 is 0 Å². The number of hydrogen-bond donors (Lipinski definition) is 0. The minimum Gasteiger partial charge on any atom is -0.0882 e. The van der Waals surface area contributed by atoms with Crippen molar-refractivity contribution in [2.75, 3.05) is 0 Å². The molecule has 0 rings (SSSR count). The molecule has 0 bridgehead atoms. The Hall–Kier alpha value is -0.260. The predicted octanol–water partition coefficient (Wildman–Crippen LogP) is 7.93. The number of rotatable bonds is 15. The van der Waals surface area contributed by atoms with Gasteiger partial charge in [0.15, 0.2) is 0 Å². The summed E-state index contributed by atoms with van der Waals surface area (Å²) in [6, 6.07) is 0. The smallest absolute Gasteiger partial charge is 0.0208 e. The summed E-state index contributed by atoms with van der Waals surface area (Å²) in [4.78, 5) is 0. The lowest BCUT2D eigenvalue weighted by Gasteiger charge is -2.21. The number of hydrogen-bond acceptors (Lipinski definition) is 0. The molecule has 0 amide bonds. The van der Waals surface area contributed by atoms with E-state index < -0.39 is 0 Å². The van der Waals surface area contributed by atoms with Crippen LogP contribution in [-0.4, -0.2) is 0 Å². The first-order valence-corrected chi connectivity index (χ1v) is 9.92. The van der Waals surface area contributed by atoms with Gasteiger partial charge in [0.1, 0.15) is 0 Å². The molecule has 0 aliphatic heterocycles. The first-order chi connectivity index (χ1) is 10.3. The van der Waals surface area contributed by atoms with Gasteiger partial charge in [-0.1, -0.05) is 104 Å². The maximum absolute atomic E-state index is 2.57. The van der Waals surface area contributed by atoms with E-state index in [1.54, 1.807) is 0 Å². The van der Waals surface area contributed by atoms with Crippen molar-refractivity contribution in [3.8, 4) is 0 Å². The van der Waals surface area contributed by atoms with Gasteiger partial charge in [-0.15, -0.1) is 0 Å². The third-order valence-electron chi connectivity index (χ3n) is 4.74. The van der Waals surface area contributed by atoms with E-state index in [9.17, 15) is 0 Å². The maximum Gasteiger partial charge on any atom is -0.0208 e. The van der Waals surface area contributed by atoms with Crippen LogP contribution < -0.4 is 0 Å². The number of allylic oxidation sites excluding steroid dienone is 2. The van der Waals surface area contributed by atoms with E-state index in [1.165, 1.54) is 83.5 Å². The van der Waals surface area contributed by atoms with Crippen LogP contribution in [0.4, 0.5) is 0 Å². The lowest BCUT2D eigenvalue weighted by molar-refractivity contribution is 0.358. The average Bonchev–Trinajstić information content (AvgIpc) is 2.50. The zero-order chi connectivity index (χ0) is 15.8. The van der Waals surface area contributed by atoms with E-state index in [0.717, 1.165) is 11.8 Å². The molecule has 0 heterocycles. The van der Waals surface area contributed by atoms with Crippen molar-refractivity contribution >= 4 is 0 Å². The fourth-order valence-electron chi connectivity index (χ4n) is 3.08. The Morgan fingerprint density at radius 3 is 1.90 bits per heavy atom. The van der Waals surface area contributed by atoms with Crippen molar-refractivity contribution in [2.45, 2.75) is 111 Å². The van der Waals surface area contributed by atoms with Gasteiger partial charge >= 0.3 is 0 Å². The quantitative estimate of drug-likeness (QED) is 0.212. The molecule has 0 radical (unpaired) electrons. The Morgan fingerprint density at radius 2 is 1.29 bits per heavy atom. The molecule has 21 heavy (non-hydrogen) atoms. The Bertz CT molecular complexity index is 216. The molecule has 0 saturated carbocycles. The van der Waals surface area contributed by atoms with E-state index in [-0.39, 0.29) is 0 Å². The second kappa shape index (κ2) is 16.1. The summed E-state index contributed by atoms with van der Waals surface area (Å²) < 4.78 is 0. The molecule has 0 aromatic carbocycles. The minimum absolute atomic E-state index is 0.833. The fraction of sp³-hybridized carbons (Fsp3) is 0.905. The van der Waals surface area contributed by atoms with Crippen LogP contribution in [0.15, 0.2) is 12.2 Å². The summed E-state index contributed by atoms with van der Waals surface area (Å²) in [5.41, 5.74) is 0. The van der Waals surface area contributed by atoms with E-state index in [4.69, 9.17) is 0 Å². The summed E-state index contributed by atoms with van der Waals surface area (Å²) in [5.74, 6) is 1.71. The summed E-state index contributed by atoms with van der Waals surface area (Å²) in [6.45, 7) is 9.38. The predicted molar refractivity (Wildman–Crippen MR) is 98.8 cm³/mol. The first kappa shape index (κ1) is 20.7. The third-order valence-corrected chi connectivity index (χ3v) is 4.74. The van der Waals surface area contributed by atoms with Crippen molar-refractivity contribution in [1.29, 1.82) is 0 Å². The van der Waals surface area contributed by atoms with E-state index in [0.29, 0.717) is 0 Å². The Morgan fingerprint density at radius 1 is 0.667 bits per heavy atom.